The number of halogens is 1. The number of carbonyl (C=O) groups is 1. The summed E-state index contributed by atoms with van der Waals surface area (Å²) >= 11 is 3.87. The van der Waals surface area contributed by atoms with Crippen molar-refractivity contribution in [1.29, 1.82) is 10.5 Å². The summed E-state index contributed by atoms with van der Waals surface area (Å²) in [5.74, 6) is -0.149. The molecule has 5 heteroatoms. The highest BCUT2D eigenvalue weighted by Crippen LogP contribution is 2.41. The topological polar surface area (TPSA) is 64.7 Å². The monoisotopic (exact) mass is 464 g/mol. The second-order valence-corrected chi connectivity index (χ2v) is 7.89. The van der Waals surface area contributed by atoms with Gasteiger partial charge in [0.15, 0.2) is 5.78 Å². The van der Waals surface area contributed by atoms with Crippen molar-refractivity contribution < 1.29 is 4.79 Å². The molecule has 26 heavy (non-hydrogen) atoms. The largest absolute Gasteiger partial charge is 0.289 e. The molecule has 1 heterocycles. The number of nitrogens with zero attached hydrogens (tertiary/aromatic N) is 2. The normalized spacial score (nSPS) is 14.3. The van der Waals surface area contributed by atoms with Gasteiger partial charge in [0.25, 0.3) is 0 Å². The third kappa shape index (κ3) is 2.57. The summed E-state index contributed by atoms with van der Waals surface area (Å²) in [5.41, 5.74) is 2.90. The van der Waals surface area contributed by atoms with E-state index < -0.39 is 0 Å². The Morgan fingerprint density at radius 3 is 2.54 bits per heavy atom. The van der Waals surface area contributed by atoms with Gasteiger partial charge in [-0.05, 0) is 63.4 Å². The molecule has 1 aliphatic rings. The Morgan fingerprint density at radius 2 is 1.81 bits per heavy atom. The summed E-state index contributed by atoms with van der Waals surface area (Å²) in [6.07, 6.45) is 1.81. The lowest BCUT2D eigenvalue weighted by atomic mass is 9.98. The number of nitriles is 2. The SMILES string of the molecule is N#CC(C#N)=C1/C(=C\c2csc3ccc(I)cc23)C(=O)c2ccccc21. The highest BCUT2D eigenvalue weighted by atomic mass is 127. The zero-order valence-electron chi connectivity index (χ0n) is 13.3. The Bertz CT molecular complexity index is 1220. The van der Waals surface area contributed by atoms with Crippen LogP contribution in [0.25, 0.3) is 21.7 Å². The van der Waals surface area contributed by atoms with Crippen molar-refractivity contribution in [2.24, 2.45) is 0 Å². The van der Waals surface area contributed by atoms with Crippen LogP contribution in [0.1, 0.15) is 21.5 Å². The molecule has 0 spiro atoms. The van der Waals surface area contributed by atoms with E-state index in [1.807, 2.05) is 29.7 Å². The van der Waals surface area contributed by atoms with E-state index >= 15 is 0 Å². The molecule has 0 atom stereocenters. The van der Waals surface area contributed by atoms with Crippen molar-refractivity contribution in [2.75, 3.05) is 0 Å². The summed E-state index contributed by atoms with van der Waals surface area (Å²) in [4.78, 5) is 13.0. The van der Waals surface area contributed by atoms with Gasteiger partial charge in [-0.2, -0.15) is 10.5 Å². The fourth-order valence-corrected chi connectivity index (χ4v) is 4.53. The van der Waals surface area contributed by atoms with E-state index in [4.69, 9.17) is 0 Å². The first-order valence-electron chi connectivity index (χ1n) is 7.71. The minimum atomic E-state index is -0.149. The van der Waals surface area contributed by atoms with Gasteiger partial charge in [0.2, 0.25) is 0 Å². The molecule has 0 amide bonds. The Morgan fingerprint density at radius 1 is 1.08 bits per heavy atom. The molecular weight excluding hydrogens is 455 g/mol. The van der Waals surface area contributed by atoms with Crippen LogP contribution in [0.15, 0.2) is 59.0 Å². The molecule has 0 fully saturated rings. The average molecular weight is 464 g/mol. The van der Waals surface area contributed by atoms with Crippen molar-refractivity contribution in [2.45, 2.75) is 0 Å². The molecule has 0 saturated heterocycles. The van der Waals surface area contributed by atoms with Gasteiger partial charge in [0.1, 0.15) is 17.7 Å². The van der Waals surface area contributed by atoms with Gasteiger partial charge in [-0.3, -0.25) is 4.79 Å². The molecule has 0 bridgehead atoms. The zero-order valence-corrected chi connectivity index (χ0v) is 16.3. The smallest absolute Gasteiger partial charge is 0.194 e. The van der Waals surface area contributed by atoms with E-state index in [1.165, 1.54) is 0 Å². The lowest BCUT2D eigenvalue weighted by Gasteiger charge is -2.02. The Balaban J connectivity index is 2.01. The highest BCUT2D eigenvalue weighted by molar-refractivity contribution is 14.1. The quantitative estimate of drug-likeness (QED) is 0.268. The highest BCUT2D eigenvalue weighted by Gasteiger charge is 2.32. The van der Waals surface area contributed by atoms with E-state index in [9.17, 15) is 15.3 Å². The average Bonchev–Trinajstić information content (AvgIpc) is 3.17. The number of thiophene rings is 1. The van der Waals surface area contributed by atoms with Crippen molar-refractivity contribution >= 4 is 61.4 Å². The molecule has 122 valence electrons. The van der Waals surface area contributed by atoms with Crippen molar-refractivity contribution in [3.63, 3.8) is 0 Å². The zero-order chi connectivity index (χ0) is 18.3. The second kappa shape index (κ2) is 6.53. The van der Waals surface area contributed by atoms with Gasteiger partial charge in [0.05, 0.1) is 0 Å². The Hall–Kier alpha value is -2.74. The molecule has 3 aromatic rings. The summed E-state index contributed by atoms with van der Waals surface area (Å²) in [6.45, 7) is 0. The maximum absolute atomic E-state index is 13.0. The first kappa shape index (κ1) is 16.7. The van der Waals surface area contributed by atoms with Gasteiger partial charge < -0.3 is 0 Å². The van der Waals surface area contributed by atoms with Crippen molar-refractivity contribution in [1.82, 2.24) is 0 Å². The van der Waals surface area contributed by atoms with E-state index in [2.05, 4.69) is 34.7 Å². The molecule has 0 unspecified atom stereocenters. The first-order chi connectivity index (χ1) is 12.6. The van der Waals surface area contributed by atoms with Crippen molar-refractivity contribution in [3.05, 3.63) is 79.3 Å². The van der Waals surface area contributed by atoms with Crippen LogP contribution in [0.2, 0.25) is 0 Å². The van der Waals surface area contributed by atoms with Crippen LogP contribution in [-0.4, -0.2) is 5.78 Å². The summed E-state index contributed by atoms with van der Waals surface area (Å²) in [6, 6.07) is 17.2. The number of allylic oxidation sites excluding steroid dienone is 3. The van der Waals surface area contributed by atoms with Gasteiger partial charge in [-0.15, -0.1) is 11.3 Å². The van der Waals surface area contributed by atoms with Gasteiger partial charge in [-0.25, -0.2) is 0 Å². The number of Topliss-reactive ketones (excluding diaryl/α,β-unsaturated/α-hetero) is 1. The molecule has 0 saturated carbocycles. The number of benzene rings is 2. The van der Waals surface area contributed by atoms with E-state index in [-0.39, 0.29) is 11.4 Å². The molecule has 3 nitrogen and oxygen atoms in total. The Kier molecular flexibility index (Phi) is 4.20. The predicted molar refractivity (Wildman–Crippen MR) is 111 cm³/mol. The summed E-state index contributed by atoms with van der Waals surface area (Å²) in [5, 5.41) is 21.8. The molecule has 1 aromatic heterocycles. The van der Waals surface area contributed by atoms with Gasteiger partial charge in [0, 0.05) is 30.4 Å². The molecule has 0 radical (unpaired) electrons. The number of ketones is 1. The van der Waals surface area contributed by atoms with E-state index in [1.54, 1.807) is 35.6 Å². The third-order valence-electron chi connectivity index (χ3n) is 4.29. The van der Waals surface area contributed by atoms with Gasteiger partial charge in [-0.1, -0.05) is 24.3 Å². The molecule has 0 aliphatic heterocycles. The van der Waals surface area contributed by atoms with Crippen LogP contribution in [0, 0.1) is 26.2 Å². The molecule has 4 rings (SSSR count). The molecule has 2 aromatic carbocycles. The third-order valence-corrected chi connectivity index (χ3v) is 5.95. The van der Waals surface area contributed by atoms with Crippen LogP contribution >= 0.6 is 33.9 Å². The van der Waals surface area contributed by atoms with Crippen LogP contribution < -0.4 is 0 Å². The summed E-state index contributed by atoms with van der Waals surface area (Å²) < 4.78 is 2.24. The lowest BCUT2D eigenvalue weighted by Crippen LogP contribution is -1.95. The van der Waals surface area contributed by atoms with Gasteiger partial charge >= 0.3 is 0 Å². The minimum Gasteiger partial charge on any atom is -0.289 e. The molecular formula is C21H9IN2OS. The number of hydrogen-bond acceptors (Lipinski definition) is 4. The number of hydrogen-bond donors (Lipinski definition) is 0. The van der Waals surface area contributed by atoms with Crippen molar-refractivity contribution in [3.8, 4) is 12.1 Å². The molecule has 1 aliphatic carbocycles. The summed E-state index contributed by atoms with van der Waals surface area (Å²) in [7, 11) is 0. The second-order valence-electron chi connectivity index (χ2n) is 5.74. The van der Waals surface area contributed by atoms with Crippen LogP contribution in [0.5, 0.6) is 0 Å². The fourth-order valence-electron chi connectivity index (χ4n) is 3.13. The standard InChI is InChI=1S/C21H9IN2OS/c22-14-5-6-19-17(8-14)12(11-26-19)7-18-20(13(9-23)10-24)15-3-1-2-4-16(15)21(18)25/h1-8,11H/b18-7+. The number of fused-ring (bicyclic) bond motifs is 2. The molecule has 0 N–H and O–H groups in total. The van der Waals surface area contributed by atoms with Crippen LogP contribution in [0.4, 0.5) is 0 Å². The first-order valence-corrected chi connectivity index (χ1v) is 9.67. The fraction of sp³-hybridized carbons (Fsp3) is 0. The maximum Gasteiger partial charge on any atom is 0.194 e. The predicted octanol–water partition coefficient (Wildman–Crippen LogP) is 5.59. The maximum atomic E-state index is 13.0. The van der Waals surface area contributed by atoms with Crippen LogP contribution in [-0.2, 0) is 0 Å². The Labute approximate surface area is 167 Å². The minimum absolute atomic E-state index is 0.0383. The number of rotatable bonds is 1. The number of carbonyl (C=O) groups excluding carboxylic acids is 1. The lowest BCUT2D eigenvalue weighted by molar-refractivity contribution is 0.104. The van der Waals surface area contributed by atoms with E-state index in [0.29, 0.717) is 22.3 Å². The van der Waals surface area contributed by atoms with E-state index in [0.717, 1.165) is 19.2 Å². The van der Waals surface area contributed by atoms with Crippen LogP contribution in [0.3, 0.4) is 0 Å².